The average molecular weight is 299 g/mol. The minimum Gasteiger partial charge on any atom is -0.497 e. The quantitative estimate of drug-likeness (QED) is 0.944. The van der Waals surface area contributed by atoms with Gasteiger partial charge in [-0.1, -0.05) is 5.16 Å². The summed E-state index contributed by atoms with van der Waals surface area (Å²) < 4.78 is 10.7. The van der Waals surface area contributed by atoms with E-state index in [4.69, 9.17) is 9.26 Å². The molecule has 0 amide bonds. The summed E-state index contributed by atoms with van der Waals surface area (Å²) in [6.45, 7) is 2.55. The Bertz CT molecular complexity index is 714. The highest BCUT2D eigenvalue weighted by atomic mass is 16.5. The van der Waals surface area contributed by atoms with Crippen LogP contribution < -0.4 is 10.1 Å². The first-order chi connectivity index (χ1) is 10.8. The Hall–Kier alpha value is -1.75. The topological polar surface area (TPSA) is 50.5 Å². The van der Waals surface area contributed by atoms with Crippen molar-refractivity contribution in [2.75, 3.05) is 25.5 Å². The first kappa shape index (κ1) is 12.8. The molecule has 1 saturated carbocycles. The van der Waals surface area contributed by atoms with Gasteiger partial charge in [0.1, 0.15) is 5.75 Å². The van der Waals surface area contributed by atoms with Crippen molar-refractivity contribution in [1.82, 2.24) is 10.1 Å². The lowest BCUT2D eigenvalue weighted by Crippen LogP contribution is -2.62. The van der Waals surface area contributed by atoms with Crippen LogP contribution in [0.1, 0.15) is 25.7 Å². The second-order valence-corrected chi connectivity index (χ2v) is 6.94. The van der Waals surface area contributed by atoms with Gasteiger partial charge in [0.15, 0.2) is 11.4 Å². The van der Waals surface area contributed by atoms with E-state index in [9.17, 15) is 0 Å². The van der Waals surface area contributed by atoms with Crippen molar-refractivity contribution in [3.05, 3.63) is 18.2 Å². The molecule has 6 rings (SSSR count). The van der Waals surface area contributed by atoms with Crippen molar-refractivity contribution in [2.45, 2.75) is 37.3 Å². The third kappa shape index (κ3) is 1.66. The maximum absolute atomic E-state index is 5.50. The van der Waals surface area contributed by atoms with Gasteiger partial charge in [0.05, 0.1) is 12.5 Å². The summed E-state index contributed by atoms with van der Waals surface area (Å²) >= 11 is 0. The Kier molecular flexibility index (Phi) is 2.54. The van der Waals surface area contributed by atoms with Gasteiger partial charge in [-0.15, -0.1) is 0 Å². The van der Waals surface area contributed by atoms with Gasteiger partial charge in [-0.3, -0.25) is 4.90 Å². The zero-order chi connectivity index (χ0) is 14.7. The maximum Gasteiger partial charge on any atom is 0.177 e. The van der Waals surface area contributed by atoms with Gasteiger partial charge >= 0.3 is 0 Å². The van der Waals surface area contributed by atoms with Crippen LogP contribution in [-0.2, 0) is 0 Å². The van der Waals surface area contributed by atoms with Crippen molar-refractivity contribution in [2.24, 2.45) is 5.92 Å². The van der Waals surface area contributed by atoms with Gasteiger partial charge in [0.25, 0.3) is 0 Å². The molecule has 5 nitrogen and oxygen atoms in total. The summed E-state index contributed by atoms with van der Waals surface area (Å²) in [6, 6.07) is 6.42. The highest BCUT2D eigenvalue weighted by Crippen LogP contribution is 2.54. The Morgan fingerprint density at radius 2 is 2.14 bits per heavy atom. The molecule has 0 radical (unpaired) electrons. The van der Waals surface area contributed by atoms with E-state index in [-0.39, 0.29) is 0 Å². The lowest BCUT2D eigenvalue weighted by molar-refractivity contribution is 0.0202. The zero-order valence-corrected chi connectivity index (χ0v) is 12.8. The predicted octanol–water partition coefficient (Wildman–Crippen LogP) is 2.88. The molecule has 3 saturated heterocycles. The molecule has 0 unspecified atom stereocenters. The molecule has 116 valence electrons. The number of piperidine rings is 3. The fraction of sp³-hybridized carbons (Fsp3) is 0.588. The van der Waals surface area contributed by atoms with E-state index in [0.29, 0.717) is 11.6 Å². The van der Waals surface area contributed by atoms with Crippen molar-refractivity contribution in [1.29, 1.82) is 0 Å². The number of nitrogens with zero attached hydrogens (tertiary/aromatic N) is 2. The van der Waals surface area contributed by atoms with Crippen molar-refractivity contribution in [3.8, 4) is 5.75 Å². The molecule has 4 fully saturated rings. The third-order valence-electron chi connectivity index (χ3n) is 5.95. The molecule has 2 bridgehead atoms. The Morgan fingerprint density at radius 1 is 1.32 bits per heavy atom. The van der Waals surface area contributed by atoms with Crippen LogP contribution in [0.15, 0.2) is 22.7 Å². The van der Waals surface area contributed by atoms with Gasteiger partial charge in [0.2, 0.25) is 0 Å². The number of ether oxygens (including phenoxy) is 1. The second-order valence-electron chi connectivity index (χ2n) is 6.94. The average Bonchev–Trinajstić information content (AvgIpc) is 3.25. The summed E-state index contributed by atoms with van der Waals surface area (Å²) in [6.07, 6.45) is 5.27. The lowest BCUT2D eigenvalue weighted by Gasteiger charge is -2.52. The summed E-state index contributed by atoms with van der Waals surface area (Å²) in [5.74, 6) is 2.47. The summed E-state index contributed by atoms with van der Waals surface area (Å²) in [5, 5.41) is 9.07. The lowest BCUT2D eigenvalue weighted by atomic mass is 9.77. The highest BCUT2D eigenvalue weighted by molar-refractivity contribution is 5.89. The van der Waals surface area contributed by atoms with Gasteiger partial charge in [-0.2, -0.15) is 0 Å². The van der Waals surface area contributed by atoms with Crippen molar-refractivity contribution >= 4 is 16.8 Å². The molecule has 4 aliphatic rings. The van der Waals surface area contributed by atoms with Crippen LogP contribution in [0.5, 0.6) is 5.75 Å². The number of aromatic nitrogens is 1. The zero-order valence-electron chi connectivity index (χ0n) is 12.8. The standard InChI is InChI=1S/C17H21N3O2/c1-21-12-2-3-13-14(10-12)22-19-16(13)18-15-11-4-8-20(9-5-11)17(15)6-7-17/h2-3,10-11,15H,4-9H2,1H3,(H,18,19)/t15-/m0/s1. The normalized spacial score (nSPS) is 31.6. The minimum absolute atomic E-state index is 0.402. The third-order valence-corrected chi connectivity index (χ3v) is 5.95. The smallest absolute Gasteiger partial charge is 0.177 e. The van der Waals surface area contributed by atoms with Crippen LogP contribution in [-0.4, -0.2) is 41.8 Å². The number of hydrogen-bond acceptors (Lipinski definition) is 5. The van der Waals surface area contributed by atoms with Gasteiger partial charge in [-0.25, -0.2) is 0 Å². The number of fused-ring (bicyclic) bond motifs is 3. The van der Waals surface area contributed by atoms with E-state index in [1.165, 1.54) is 38.8 Å². The molecular weight excluding hydrogens is 278 g/mol. The number of anilines is 1. The van der Waals surface area contributed by atoms with Crippen LogP contribution in [0.4, 0.5) is 5.82 Å². The second kappa shape index (κ2) is 4.38. The molecule has 5 heteroatoms. The van der Waals surface area contributed by atoms with Crippen LogP contribution in [0, 0.1) is 5.92 Å². The molecule has 4 heterocycles. The molecule has 1 aromatic carbocycles. The van der Waals surface area contributed by atoms with E-state index < -0.39 is 0 Å². The van der Waals surface area contributed by atoms with E-state index in [0.717, 1.165) is 28.5 Å². The van der Waals surface area contributed by atoms with Gasteiger partial charge in [0, 0.05) is 17.6 Å². The predicted molar refractivity (Wildman–Crippen MR) is 84.2 cm³/mol. The molecule has 2 aromatic rings. The number of rotatable bonds is 3. The Balaban J connectivity index is 1.48. The maximum atomic E-state index is 5.50. The first-order valence-corrected chi connectivity index (χ1v) is 8.25. The summed E-state index contributed by atoms with van der Waals surface area (Å²) in [5.41, 5.74) is 1.19. The van der Waals surface area contributed by atoms with Crippen LogP contribution in [0.3, 0.4) is 0 Å². The molecule has 3 aliphatic heterocycles. The fourth-order valence-electron chi connectivity index (χ4n) is 4.62. The number of benzene rings is 1. The Morgan fingerprint density at radius 3 is 2.86 bits per heavy atom. The van der Waals surface area contributed by atoms with E-state index >= 15 is 0 Å². The van der Waals surface area contributed by atoms with E-state index in [2.05, 4.69) is 15.4 Å². The molecule has 1 aliphatic carbocycles. The summed E-state index contributed by atoms with van der Waals surface area (Å²) in [7, 11) is 1.67. The van der Waals surface area contributed by atoms with Crippen LogP contribution in [0.2, 0.25) is 0 Å². The van der Waals surface area contributed by atoms with Gasteiger partial charge in [-0.05, 0) is 56.8 Å². The minimum atomic E-state index is 0.402. The largest absolute Gasteiger partial charge is 0.497 e. The molecule has 1 atom stereocenters. The SMILES string of the molecule is COc1ccc2c(N[C@H]3C4CCN(CC4)C34CC4)noc2c1. The molecular formula is C17H21N3O2. The van der Waals surface area contributed by atoms with Crippen molar-refractivity contribution in [3.63, 3.8) is 0 Å². The number of hydrogen-bond donors (Lipinski definition) is 1. The van der Waals surface area contributed by atoms with Gasteiger partial charge < -0.3 is 14.6 Å². The Labute approximate surface area is 129 Å². The molecule has 1 spiro atoms. The van der Waals surface area contributed by atoms with Crippen molar-refractivity contribution < 1.29 is 9.26 Å². The van der Waals surface area contributed by atoms with Crippen LogP contribution in [0.25, 0.3) is 11.0 Å². The van der Waals surface area contributed by atoms with E-state index in [1.807, 2.05) is 18.2 Å². The van der Waals surface area contributed by atoms with Crippen LogP contribution >= 0.6 is 0 Å². The number of methoxy groups -OCH3 is 1. The molecule has 1 aromatic heterocycles. The monoisotopic (exact) mass is 299 g/mol. The highest BCUT2D eigenvalue weighted by Gasteiger charge is 2.60. The summed E-state index contributed by atoms with van der Waals surface area (Å²) in [4.78, 5) is 2.70. The molecule has 1 N–H and O–H groups in total. The molecule has 22 heavy (non-hydrogen) atoms. The fourth-order valence-corrected chi connectivity index (χ4v) is 4.62. The first-order valence-electron chi connectivity index (χ1n) is 8.25. The number of nitrogens with one attached hydrogen (secondary N) is 1. The van der Waals surface area contributed by atoms with E-state index in [1.54, 1.807) is 7.11 Å².